The Kier molecular flexibility index (Phi) is 2.66. The van der Waals surface area contributed by atoms with Crippen LogP contribution < -0.4 is 5.32 Å². The molecule has 2 unspecified atom stereocenters. The molecule has 0 aromatic carbocycles. The highest BCUT2D eigenvalue weighted by Gasteiger charge is 2.24. The lowest BCUT2D eigenvalue weighted by Gasteiger charge is -2.08. The van der Waals surface area contributed by atoms with Gasteiger partial charge in [0.25, 0.3) is 0 Å². The first-order chi connectivity index (χ1) is 5.84. The summed E-state index contributed by atoms with van der Waals surface area (Å²) in [5.41, 5.74) is 0. The Balaban J connectivity index is 1.54. The number of ether oxygens (including phenoxy) is 1. The van der Waals surface area contributed by atoms with Crippen LogP contribution in [0.15, 0.2) is 0 Å². The first-order valence-electron chi connectivity index (χ1n) is 5.17. The third-order valence-corrected chi connectivity index (χ3v) is 2.84. The third-order valence-electron chi connectivity index (χ3n) is 2.84. The van der Waals surface area contributed by atoms with Crippen molar-refractivity contribution in [3.05, 3.63) is 0 Å². The second-order valence-electron chi connectivity index (χ2n) is 4.35. The van der Waals surface area contributed by atoms with Gasteiger partial charge in [-0.05, 0) is 44.6 Å². The summed E-state index contributed by atoms with van der Waals surface area (Å²) in [7, 11) is 0. The molecule has 1 aliphatic carbocycles. The van der Waals surface area contributed by atoms with Crippen molar-refractivity contribution in [3.8, 4) is 0 Å². The minimum atomic E-state index is 0.498. The van der Waals surface area contributed by atoms with Crippen molar-refractivity contribution in [2.24, 2.45) is 11.8 Å². The maximum atomic E-state index is 5.50. The minimum Gasteiger partial charge on any atom is -0.378 e. The molecule has 0 bridgehead atoms. The van der Waals surface area contributed by atoms with Crippen LogP contribution in [0.1, 0.15) is 26.2 Å². The van der Waals surface area contributed by atoms with E-state index in [4.69, 9.17) is 4.74 Å². The van der Waals surface area contributed by atoms with Crippen molar-refractivity contribution < 1.29 is 4.74 Å². The first kappa shape index (κ1) is 8.52. The van der Waals surface area contributed by atoms with Crippen molar-refractivity contribution in [2.75, 3.05) is 19.7 Å². The van der Waals surface area contributed by atoms with Gasteiger partial charge in [0.1, 0.15) is 0 Å². The largest absolute Gasteiger partial charge is 0.378 e. The van der Waals surface area contributed by atoms with Gasteiger partial charge in [-0.3, -0.25) is 0 Å². The Morgan fingerprint density at radius 2 is 2.00 bits per heavy atom. The van der Waals surface area contributed by atoms with Gasteiger partial charge in [0.05, 0.1) is 12.7 Å². The van der Waals surface area contributed by atoms with Crippen molar-refractivity contribution >= 4 is 0 Å². The normalized spacial score (nSPS) is 35.8. The van der Waals surface area contributed by atoms with Gasteiger partial charge in [0.15, 0.2) is 0 Å². The molecule has 0 radical (unpaired) electrons. The van der Waals surface area contributed by atoms with Crippen LogP contribution in [0.25, 0.3) is 0 Å². The Morgan fingerprint density at radius 3 is 2.58 bits per heavy atom. The van der Waals surface area contributed by atoms with Gasteiger partial charge in [-0.1, -0.05) is 0 Å². The van der Waals surface area contributed by atoms with E-state index in [-0.39, 0.29) is 0 Å². The maximum Gasteiger partial charge on any atom is 0.0551 e. The predicted octanol–water partition coefficient (Wildman–Crippen LogP) is 1.41. The zero-order chi connectivity index (χ0) is 8.39. The monoisotopic (exact) mass is 169 g/mol. The molecular weight excluding hydrogens is 150 g/mol. The van der Waals surface area contributed by atoms with Gasteiger partial charge in [-0.2, -0.15) is 0 Å². The maximum absolute atomic E-state index is 5.50. The fourth-order valence-electron chi connectivity index (χ4n) is 1.86. The standard InChI is InChI=1S/C10H19NO/c1-8-4-10(7-12-8)6-11-5-9-2-3-9/h8-11H,2-7H2,1H3. The van der Waals surface area contributed by atoms with E-state index in [2.05, 4.69) is 12.2 Å². The Bertz CT molecular complexity index is 145. The van der Waals surface area contributed by atoms with E-state index in [1.165, 1.54) is 32.4 Å². The number of nitrogens with one attached hydrogen (secondary N) is 1. The lowest BCUT2D eigenvalue weighted by Crippen LogP contribution is -2.25. The molecule has 2 aliphatic rings. The summed E-state index contributed by atoms with van der Waals surface area (Å²) < 4.78 is 5.50. The molecule has 12 heavy (non-hydrogen) atoms. The first-order valence-corrected chi connectivity index (χ1v) is 5.17. The van der Waals surface area contributed by atoms with Crippen LogP contribution in [-0.4, -0.2) is 25.8 Å². The predicted molar refractivity (Wildman–Crippen MR) is 49.1 cm³/mol. The zero-order valence-electron chi connectivity index (χ0n) is 7.88. The van der Waals surface area contributed by atoms with Gasteiger partial charge in [0.2, 0.25) is 0 Å². The molecule has 2 nitrogen and oxygen atoms in total. The van der Waals surface area contributed by atoms with Gasteiger partial charge in [0, 0.05) is 6.54 Å². The quantitative estimate of drug-likeness (QED) is 0.687. The van der Waals surface area contributed by atoms with E-state index in [1.807, 2.05) is 0 Å². The summed E-state index contributed by atoms with van der Waals surface area (Å²) in [6.07, 6.45) is 4.64. The summed E-state index contributed by atoms with van der Waals surface area (Å²) in [5, 5.41) is 3.53. The number of rotatable bonds is 4. The molecular formula is C10H19NO. The van der Waals surface area contributed by atoms with Gasteiger partial charge in [-0.25, -0.2) is 0 Å². The fourth-order valence-corrected chi connectivity index (χ4v) is 1.86. The Morgan fingerprint density at radius 1 is 1.25 bits per heavy atom. The molecule has 1 saturated heterocycles. The molecule has 2 fully saturated rings. The molecule has 1 saturated carbocycles. The van der Waals surface area contributed by atoms with Crippen LogP contribution in [-0.2, 0) is 4.74 Å². The highest BCUT2D eigenvalue weighted by atomic mass is 16.5. The Labute approximate surface area is 74.7 Å². The van der Waals surface area contributed by atoms with Crippen LogP contribution in [0.4, 0.5) is 0 Å². The van der Waals surface area contributed by atoms with Crippen LogP contribution in [0.2, 0.25) is 0 Å². The lowest BCUT2D eigenvalue weighted by molar-refractivity contribution is 0.120. The van der Waals surface area contributed by atoms with Crippen molar-refractivity contribution in [1.82, 2.24) is 5.32 Å². The highest BCUT2D eigenvalue weighted by Crippen LogP contribution is 2.27. The Hall–Kier alpha value is -0.0800. The molecule has 0 aromatic rings. The van der Waals surface area contributed by atoms with Crippen LogP contribution >= 0.6 is 0 Å². The molecule has 70 valence electrons. The lowest BCUT2D eigenvalue weighted by atomic mass is 10.1. The molecule has 0 spiro atoms. The number of hydrogen-bond donors (Lipinski definition) is 1. The molecule has 0 aromatic heterocycles. The highest BCUT2D eigenvalue weighted by molar-refractivity contribution is 4.77. The smallest absolute Gasteiger partial charge is 0.0551 e. The minimum absolute atomic E-state index is 0.498. The van der Waals surface area contributed by atoms with E-state index >= 15 is 0 Å². The number of hydrogen-bond acceptors (Lipinski definition) is 2. The second kappa shape index (κ2) is 3.75. The molecule has 1 N–H and O–H groups in total. The second-order valence-corrected chi connectivity index (χ2v) is 4.35. The summed E-state index contributed by atoms with van der Waals surface area (Å²) in [6, 6.07) is 0. The van der Waals surface area contributed by atoms with Crippen molar-refractivity contribution in [2.45, 2.75) is 32.3 Å². The zero-order valence-corrected chi connectivity index (χ0v) is 7.88. The van der Waals surface area contributed by atoms with E-state index in [0.717, 1.165) is 18.4 Å². The van der Waals surface area contributed by atoms with Crippen LogP contribution in [0.3, 0.4) is 0 Å². The van der Waals surface area contributed by atoms with Gasteiger partial charge in [-0.15, -0.1) is 0 Å². The van der Waals surface area contributed by atoms with Crippen molar-refractivity contribution in [3.63, 3.8) is 0 Å². The molecule has 0 amide bonds. The van der Waals surface area contributed by atoms with Crippen LogP contribution in [0, 0.1) is 11.8 Å². The average molecular weight is 169 g/mol. The topological polar surface area (TPSA) is 21.3 Å². The molecule has 1 aliphatic heterocycles. The van der Waals surface area contributed by atoms with E-state index in [0.29, 0.717) is 6.10 Å². The summed E-state index contributed by atoms with van der Waals surface area (Å²) in [5.74, 6) is 1.78. The molecule has 2 rings (SSSR count). The molecule has 2 heteroatoms. The molecule has 2 atom stereocenters. The fraction of sp³-hybridized carbons (Fsp3) is 1.00. The van der Waals surface area contributed by atoms with E-state index in [1.54, 1.807) is 0 Å². The van der Waals surface area contributed by atoms with E-state index in [9.17, 15) is 0 Å². The van der Waals surface area contributed by atoms with Gasteiger partial charge < -0.3 is 10.1 Å². The van der Waals surface area contributed by atoms with E-state index < -0.39 is 0 Å². The average Bonchev–Trinajstić information content (AvgIpc) is 2.76. The summed E-state index contributed by atoms with van der Waals surface area (Å²) >= 11 is 0. The summed E-state index contributed by atoms with van der Waals surface area (Å²) in [6.45, 7) is 5.55. The van der Waals surface area contributed by atoms with Gasteiger partial charge >= 0.3 is 0 Å². The van der Waals surface area contributed by atoms with Crippen LogP contribution in [0.5, 0.6) is 0 Å². The summed E-state index contributed by atoms with van der Waals surface area (Å²) in [4.78, 5) is 0. The molecule has 1 heterocycles. The SMILES string of the molecule is CC1CC(CNCC2CC2)CO1. The van der Waals surface area contributed by atoms with Crippen molar-refractivity contribution in [1.29, 1.82) is 0 Å². The third kappa shape index (κ3) is 2.46.